The fourth-order valence-electron chi connectivity index (χ4n) is 5.77. The van der Waals surface area contributed by atoms with Crippen LogP contribution in [0.1, 0.15) is 53.4 Å². The van der Waals surface area contributed by atoms with Crippen molar-refractivity contribution in [3.8, 4) is 0 Å². The van der Waals surface area contributed by atoms with Crippen molar-refractivity contribution in [1.82, 2.24) is 0 Å². The molecule has 23 heavy (non-hydrogen) atoms. The molecule has 128 valence electrons. The Labute approximate surface area is 138 Å². The standard InChI is InChI=1S/C19H28O4/c1-12(20)22-10-15-6-5-14-9-19(15)16(11-23-13(2)21)7-8-17(19)18(14,3)4/h6,14,16-17H,5,7-11H2,1-4H3. The van der Waals surface area contributed by atoms with E-state index in [0.29, 0.717) is 36.4 Å². The maximum atomic E-state index is 11.3. The van der Waals surface area contributed by atoms with Crippen LogP contribution in [0.2, 0.25) is 0 Å². The van der Waals surface area contributed by atoms with Gasteiger partial charge in [0.15, 0.2) is 0 Å². The van der Waals surface area contributed by atoms with E-state index in [2.05, 4.69) is 19.9 Å². The minimum Gasteiger partial charge on any atom is -0.466 e. The molecule has 0 aromatic carbocycles. The summed E-state index contributed by atoms with van der Waals surface area (Å²) in [6.45, 7) is 8.60. The van der Waals surface area contributed by atoms with Crippen molar-refractivity contribution >= 4 is 11.9 Å². The number of carbonyl (C=O) groups excluding carboxylic acids is 2. The van der Waals surface area contributed by atoms with Gasteiger partial charge in [-0.15, -0.1) is 0 Å². The van der Waals surface area contributed by atoms with Crippen molar-refractivity contribution < 1.29 is 19.1 Å². The van der Waals surface area contributed by atoms with Crippen molar-refractivity contribution in [2.45, 2.75) is 53.4 Å². The first kappa shape index (κ1) is 16.5. The summed E-state index contributed by atoms with van der Waals surface area (Å²) in [5.74, 6) is 1.18. The number of fused-ring (bicyclic) bond motifs is 1. The normalized spacial score (nSPS) is 37.0. The Balaban J connectivity index is 1.91. The van der Waals surface area contributed by atoms with Gasteiger partial charge >= 0.3 is 11.9 Å². The molecule has 3 aliphatic carbocycles. The van der Waals surface area contributed by atoms with E-state index >= 15 is 0 Å². The van der Waals surface area contributed by atoms with E-state index in [4.69, 9.17) is 9.47 Å². The van der Waals surface area contributed by atoms with Crippen LogP contribution in [0.3, 0.4) is 0 Å². The molecule has 3 aliphatic rings. The number of hydrogen-bond donors (Lipinski definition) is 0. The Morgan fingerprint density at radius 2 is 1.87 bits per heavy atom. The quantitative estimate of drug-likeness (QED) is 0.587. The van der Waals surface area contributed by atoms with Gasteiger partial charge in [0, 0.05) is 25.2 Å². The lowest BCUT2D eigenvalue weighted by Crippen LogP contribution is -2.38. The highest BCUT2D eigenvalue weighted by Crippen LogP contribution is 2.71. The van der Waals surface area contributed by atoms with E-state index in [0.717, 1.165) is 19.3 Å². The third kappa shape index (κ3) is 2.50. The average molecular weight is 320 g/mol. The Morgan fingerprint density at radius 3 is 2.52 bits per heavy atom. The molecule has 0 N–H and O–H groups in total. The molecular formula is C19H28O4. The molecule has 0 aliphatic heterocycles. The van der Waals surface area contributed by atoms with E-state index in [9.17, 15) is 9.59 Å². The van der Waals surface area contributed by atoms with E-state index < -0.39 is 0 Å². The van der Waals surface area contributed by atoms with Crippen LogP contribution >= 0.6 is 0 Å². The fourth-order valence-corrected chi connectivity index (χ4v) is 5.77. The molecule has 0 saturated heterocycles. The lowest BCUT2D eigenvalue weighted by Gasteiger charge is -2.40. The average Bonchev–Trinajstić information content (AvgIpc) is 2.89. The zero-order valence-electron chi connectivity index (χ0n) is 14.7. The second kappa shape index (κ2) is 5.64. The molecule has 3 rings (SSSR count). The number of allylic oxidation sites excluding steroid dienone is 1. The number of esters is 2. The third-order valence-electron chi connectivity index (χ3n) is 6.85. The summed E-state index contributed by atoms with van der Waals surface area (Å²) >= 11 is 0. The first-order valence-electron chi connectivity index (χ1n) is 8.74. The van der Waals surface area contributed by atoms with Crippen molar-refractivity contribution in [1.29, 1.82) is 0 Å². The molecule has 1 spiro atoms. The van der Waals surface area contributed by atoms with Crippen LogP contribution < -0.4 is 0 Å². The number of ether oxygens (including phenoxy) is 2. The second-order valence-electron chi connectivity index (χ2n) is 8.14. The monoisotopic (exact) mass is 320 g/mol. The Bertz CT molecular complexity index is 548. The highest BCUT2D eigenvalue weighted by atomic mass is 16.5. The van der Waals surface area contributed by atoms with Crippen LogP contribution in [0.15, 0.2) is 11.6 Å². The maximum absolute atomic E-state index is 11.3. The molecule has 0 aromatic rings. The molecule has 4 nitrogen and oxygen atoms in total. The zero-order chi connectivity index (χ0) is 16.8. The van der Waals surface area contributed by atoms with Gasteiger partial charge in [0.1, 0.15) is 6.61 Å². The second-order valence-corrected chi connectivity index (χ2v) is 8.14. The number of carbonyl (C=O) groups is 2. The molecular weight excluding hydrogens is 292 g/mol. The van der Waals surface area contributed by atoms with Gasteiger partial charge in [-0.1, -0.05) is 19.9 Å². The molecule has 0 radical (unpaired) electrons. The Kier molecular flexibility index (Phi) is 4.06. The molecule has 2 saturated carbocycles. The summed E-state index contributed by atoms with van der Waals surface area (Å²) in [7, 11) is 0. The minimum atomic E-state index is -0.229. The third-order valence-corrected chi connectivity index (χ3v) is 6.85. The molecule has 0 aromatic heterocycles. The van der Waals surface area contributed by atoms with Gasteiger partial charge in [-0.25, -0.2) is 0 Å². The fraction of sp³-hybridized carbons (Fsp3) is 0.789. The van der Waals surface area contributed by atoms with Gasteiger partial charge in [0.25, 0.3) is 0 Å². The number of hydrogen-bond acceptors (Lipinski definition) is 4. The predicted molar refractivity (Wildman–Crippen MR) is 86.5 cm³/mol. The Morgan fingerprint density at radius 1 is 1.17 bits per heavy atom. The van der Waals surface area contributed by atoms with Crippen LogP contribution in [-0.2, 0) is 19.1 Å². The Hall–Kier alpha value is -1.32. The summed E-state index contributed by atoms with van der Waals surface area (Å²) in [6.07, 6.45) is 6.79. The molecule has 0 amide bonds. The maximum Gasteiger partial charge on any atom is 0.302 e. The topological polar surface area (TPSA) is 52.6 Å². The van der Waals surface area contributed by atoms with Crippen molar-refractivity contribution in [2.75, 3.05) is 13.2 Å². The summed E-state index contributed by atoms with van der Waals surface area (Å²) < 4.78 is 10.8. The lowest BCUT2D eigenvalue weighted by atomic mass is 9.65. The van der Waals surface area contributed by atoms with Gasteiger partial charge < -0.3 is 9.47 Å². The first-order valence-corrected chi connectivity index (χ1v) is 8.74. The van der Waals surface area contributed by atoms with E-state index in [1.807, 2.05) is 0 Å². The van der Waals surface area contributed by atoms with Crippen LogP contribution in [0.25, 0.3) is 0 Å². The van der Waals surface area contributed by atoms with Gasteiger partial charge in [-0.2, -0.15) is 0 Å². The van der Waals surface area contributed by atoms with E-state index in [1.165, 1.54) is 25.8 Å². The lowest BCUT2D eigenvalue weighted by molar-refractivity contribution is -0.143. The summed E-state index contributed by atoms with van der Waals surface area (Å²) in [4.78, 5) is 22.6. The van der Waals surface area contributed by atoms with Crippen LogP contribution in [0.5, 0.6) is 0 Å². The summed E-state index contributed by atoms with van der Waals surface area (Å²) in [5, 5.41) is 0. The van der Waals surface area contributed by atoms with Gasteiger partial charge in [0.05, 0.1) is 6.61 Å². The smallest absolute Gasteiger partial charge is 0.302 e. The molecule has 4 atom stereocenters. The molecule has 0 heterocycles. The van der Waals surface area contributed by atoms with Crippen molar-refractivity contribution in [3.05, 3.63) is 11.6 Å². The molecule has 2 fully saturated rings. The highest BCUT2D eigenvalue weighted by Gasteiger charge is 2.65. The van der Waals surface area contributed by atoms with E-state index in [1.54, 1.807) is 0 Å². The van der Waals surface area contributed by atoms with Crippen LogP contribution in [0.4, 0.5) is 0 Å². The highest BCUT2D eigenvalue weighted by molar-refractivity contribution is 5.66. The SMILES string of the molecule is CC(=O)OCC1=CCC2CC13C(COC(C)=O)CCC3C2(C)C. The van der Waals surface area contributed by atoms with Gasteiger partial charge in [-0.05, 0) is 48.5 Å². The zero-order valence-corrected chi connectivity index (χ0v) is 14.7. The predicted octanol–water partition coefficient (Wildman–Crippen LogP) is 3.50. The summed E-state index contributed by atoms with van der Waals surface area (Å²) in [6, 6.07) is 0. The van der Waals surface area contributed by atoms with Gasteiger partial charge in [-0.3, -0.25) is 9.59 Å². The largest absolute Gasteiger partial charge is 0.466 e. The van der Waals surface area contributed by atoms with Crippen molar-refractivity contribution in [2.24, 2.45) is 28.6 Å². The number of rotatable bonds is 4. The van der Waals surface area contributed by atoms with Crippen LogP contribution in [0, 0.1) is 28.6 Å². The minimum absolute atomic E-state index is 0.0529. The summed E-state index contributed by atoms with van der Waals surface area (Å²) in [5.41, 5.74) is 1.62. The van der Waals surface area contributed by atoms with Gasteiger partial charge in [0.2, 0.25) is 0 Å². The van der Waals surface area contributed by atoms with Crippen molar-refractivity contribution in [3.63, 3.8) is 0 Å². The van der Waals surface area contributed by atoms with E-state index in [-0.39, 0.29) is 17.4 Å². The van der Waals surface area contributed by atoms with Crippen LogP contribution in [-0.4, -0.2) is 25.2 Å². The molecule has 4 heteroatoms. The molecule has 4 unspecified atom stereocenters. The first-order chi connectivity index (χ1) is 10.8. The molecule has 2 bridgehead atoms.